The molecule has 0 fully saturated rings. The van der Waals surface area contributed by atoms with Gasteiger partial charge in [0.25, 0.3) is 0 Å². The number of hydrogen-bond acceptors (Lipinski definition) is 2. The van der Waals surface area contributed by atoms with Crippen molar-refractivity contribution in [3.8, 4) is 5.75 Å². The van der Waals surface area contributed by atoms with Gasteiger partial charge in [-0.15, -0.1) is 0 Å². The molecule has 1 aromatic carbocycles. The summed E-state index contributed by atoms with van der Waals surface area (Å²) in [7, 11) is 0. The molecule has 3 heteroatoms. The van der Waals surface area contributed by atoms with Crippen LogP contribution in [0.2, 0.25) is 0 Å². The lowest BCUT2D eigenvalue weighted by Gasteiger charge is -2.08. The molecule has 2 nitrogen and oxygen atoms in total. The molecule has 0 saturated heterocycles. The molecule has 0 aliphatic carbocycles. The Morgan fingerprint density at radius 2 is 2.08 bits per heavy atom. The summed E-state index contributed by atoms with van der Waals surface area (Å²) in [6.45, 7) is 0.657. The van der Waals surface area contributed by atoms with Crippen LogP contribution in [0.15, 0.2) is 24.3 Å². The van der Waals surface area contributed by atoms with Gasteiger partial charge in [-0.05, 0) is 19.0 Å². The van der Waals surface area contributed by atoms with Crippen molar-refractivity contribution in [2.24, 2.45) is 5.73 Å². The number of benzene rings is 1. The second-order valence-electron chi connectivity index (χ2n) is 2.73. The van der Waals surface area contributed by atoms with Crippen LogP contribution >= 0.6 is 0 Å². The van der Waals surface area contributed by atoms with Crippen molar-refractivity contribution in [2.75, 3.05) is 13.2 Å². The Hall–Kier alpha value is -1.09. The molecule has 0 unspecified atom stereocenters. The van der Waals surface area contributed by atoms with Crippen LogP contribution in [0.4, 0.5) is 4.39 Å². The summed E-state index contributed by atoms with van der Waals surface area (Å²) in [5.74, 6) is 0.624. The number of ether oxygens (including phenoxy) is 1. The monoisotopic (exact) mass is 183 g/mol. The summed E-state index contributed by atoms with van der Waals surface area (Å²) < 4.78 is 17.7. The minimum absolute atomic E-state index is 0.487. The van der Waals surface area contributed by atoms with Gasteiger partial charge in [-0.1, -0.05) is 18.2 Å². The van der Waals surface area contributed by atoms with Crippen LogP contribution in [0.3, 0.4) is 0 Å². The molecule has 0 bridgehead atoms. The van der Waals surface area contributed by atoms with Crippen LogP contribution in [0.5, 0.6) is 5.75 Å². The number of rotatable bonds is 5. The molecule has 1 aromatic rings. The van der Waals surface area contributed by atoms with Crippen molar-refractivity contribution in [1.82, 2.24) is 0 Å². The SMILES string of the molecule is NCCCOc1ccccc1CF. The van der Waals surface area contributed by atoms with Crippen LogP contribution < -0.4 is 10.5 Å². The van der Waals surface area contributed by atoms with Crippen LogP contribution in [0, 0.1) is 0 Å². The van der Waals surface area contributed by atoms with Gasteiger partial charge in [0, 0.05) is 5.56 Å². The first-order chi connectivity index (χ1) is 6.38. The van der Waals surface area contributed by atoms with E-state index in [1.54, 1.807) is 18.2 Å². The lowest BCUT2D eigenvalue weighted by atomic mass is 10.2. The zero-order chi connectivity index (χ0) is 9.52. The summed E-state index contributed by atoms with van der Waals surface area (Å²) in [6.07, 6.45) is 0.792. The molecule has 0 radical (unpaired) electrons. The topological polar surface area (TPSA) is 35.2 Å². The zero-order valence-electron chi connectivity index (χ0n) is 7.50. The largest absolute Gasteiger partial charge is 0.493 e. The average Bonchev–Trinajstić information content (AvgIpc) is 2.19. The molecule has 1 rings (SSSR count). The fourth-order valence-corrected chi connectivity index (χ4v) is 1.02. The van der Waals surface area contributed by atoms with E-state index in [0.717, 1.165) is 6.42 Å². The average molecular weight is 183 g/mol. The summed E-state index contributed by atoms with van der Waals surface area (Å²) >= 11 is 0. The van der Waals surface area contributed by atoms with Gasteiger partial charge in [0.15, 0.2) is 0 Å². The van der Waals surface area contributed by atoms with Gasteiger partial charge in [0.2, 0.25) is 0 Å². The normalized spacial score (nSPS) is 10.0. The third kappa shape index (κ3) is 3.03. The van der Waals surface area contributed by atoms with E-state index >= 15 is 0 Å². The van der Waals surface area contributed by atoms with Gasteiger partial charge in [-0.3, -0.25) is 0 Å². The Balaban J connectivity index is 2.54. The molecule has 0 aliphatic heterocycles. The van der Waals surface area contributed by atoms with Gasteiger partial charge in [-0.25, -0.2) is 4.39 Å². The van der Waals surface area contributed by atoms with E-state index in [2.05, 4.69) is 0 Å². The minimum Gasteiger partial charge on any atom is -0.493 e. The minimum atomic E-state index is -0.487. The molecular formula is C10H14FNO. The second-order valence-corrected chi connectivity index (χ2v) is 2.73. The molecule has 0 aromatic heterocycles. The highest BCUT2D eigenvalue weighted by Crippen LogP contribution is 2.18. The van der Waals surface area contributed by atoms with Crippen molar-refractivity contribution in [2.45, 2.75) is 13.1 Å². The van der Waals surface area contributed by atoms with E-state index in [1.807, 2.05) is 6.07 Å². The quantitative estimate of drug-likeness (QED) is 0.707. The molecule has 0 amide bonds. The Morgan fingerprint density at radius 3 is 2.77 bits per heavy atom. The first-order valence-electron chi connectivity index (χ1n) is 4.35. The third-order valence-electron chi connectivity index (χ3n) is 1.72. The zero-order valence-corrected chi connectivity index (χ0v) is 7.50. The summed E-state index contributed by atoms with van der Waals surface area (Å²) in [5.41, 5.74) is 5.91. The predicted octanol–water partition coefficient (Wildman–Crippen LogP) is 1.88. The molecule has 13 heavy (non-hydrogen) atoms. The highest BCUT2D eigenvalue weighted by Gasteiger charge is 2.00. The number of alkyl halides is 1. The molecule has 0 spiro atoms. The fourth-order valence-electron chi connectivity index (χ4n) is 1.02. The molecule has 72 valence electrons. The van der Waals surface area contributed by atoms with E-state index in [9.17, 15) is 4.39 Å². The lowest BCUT2D eigenvalue weighted by molar-refractivity contribution is 0.305. The summed E-state index contributed by atoms with van der Waals surface area (Å²) in [4.78, 5) is 0. The number of nitrogens with two attached hydrogens (primary N) is 1. The maximum Gasteiger partial charge on any atom is 0.125 e. The van der Waals surface area contributed by atoms with E-state index in [1.165, 1.54) is 0 Å². The van der Waals surface area contributed by atoms with Crippen molar-refractivity contribution >= 4 is 0 Å². The smallest absolute Gasteiger partial charge is 0.125 e. The lowest BCUT2D eigenvalue weighted by Crippen LogP contribution is -2.06. The Labute approximate surface area is 77.5 Å². The Bertz CT molecular complexity index is 252. The molecule has 0 saturated carbocycles. The molecule has 2 N–H and O–H groups in total. The second kappa shape index (κ2) is 5.54. The van der Waals surface area contributed by atoms with Crippen LogP contribution in [-0.2, 0) is 6.67 Å². The van der Waals surface area contributed by atoms with Gasteiger partial charge in [-0.2, -0.15) is 0 Å². The van der Waals surface area contributed by atoms with Crippen LogP contribution in [0.1, 0.15) is 12.0 Å². The first-order valence-corrected chi connectivity index (χ1v) is 4.35. The first kappa shape index (κ1) is 9.99. The summed E-state index contributed by atoms with van der Waals surface area (Å²) in [6, 6.07) is 7.12. The van der Waals surface area contributed by atoms with Crippen LogP contribution in [-0.4, -0.2) is 13.2 Å². The molecule has 0 heterocycles. The third-order valence-corrected chi connectivity index (χ3v) is 1.72. The van der Waals surface area contributed by atoms with E-state index < -0.39 is 6.67 Å². The van der Waals surface area contributed by atoms with Gasteiger partial charge in [0.1, 0.15) is 12.4 Å². The van der Waals surface area contributed by atoms with E-state index in [4.69, 9.17) is 10.5 Å². The highest BCUT2D eigenvalue weighted by atomic mass is 19.1. The van der Waals surface area contributed by atoms with Gasteiger partial charge < -0.3 is 10.5 Å². The molecule has 0 aliphatic rings. The fraction of sp³-hybridized carbons (Fsp3) is 0.400. The van der Waals surface area contributed by atoms with Gasteiger partial charge >= 0.3 is 0 Å². The molecular weight excluding hydrogens is 169 g/mol. The maximum absolute atomic E-state index is 12.4. The highest BCUT2D eigenvalue weighted by molar-refractivity contribution is 5.32. The Morgan fingerprint density at radius 1 is 1.31 bits per heavy atom. The van der Waals surface area contributed by atoms with Crippen LogP contribution in [0.25, 0.3) is 0 Å². The van der Waals surface area contributed by atoms with Crippen molar-refractivity contribution in [3.63, 3.8) is 0 Å². The number of para-hydroxylation sites is 1. The van der Waals surface area contributed by atoms with Crippen molar-refractivity contribution in [3.05, 3.63) is 29.8 Å². The van der Waals surface area contributed by atoms with Gasteiger partial charge in [0.05, 0.1) is 6.61 Å². The summed E-state index contributed by atoms with van der Waals surface area (Å²) in [5, 5.41) is 0. The van der Waals surface area contributed by atoms with Crippen molar-refractivity contribution < 1.29 is 9.13 Å². The maximum atomic E-state index is 12.4. The number of halogens is 1. The van der Waals surface area contributed by atoms with E-state index in [-0.39, 0.29) is 0 Å². The molecule has 0 atom stereocenters. The Kier molecular flexibility index (Phi) is 4.26. The van der Waals surface area contributed by atoms with E-state index in [0.29, 0.717) is 24.5 Å². The standard InChI is InChI=1S/C10H14FNO/c11-8-9-4-1-2-5-10(9)13-7-3-6-12/h1-2,4-5H,3,6-8,12H2. The number of hydrogen-bond donors (Lipinski definition) is 1. The van der Waals surface area contributed by atoms with Crippen molar-refractivity contribution in [1.29, 1.82) is 0 Å². The predicted molar refractivity (Wildman–Crippen MR) is 50.4 cm³/mol.